The second kappa shape index (κ2) is 5.50. The maximum absolute atomic E-state index is 10.7. The largest absolute Gasteiger partial charge is 0.492 e. The molecular formula is C10H10BrNO3. The minimum Gasteiger partial charge on any atom is -0.492 e. The molecule has 0 saturated carbocycles. The van der Waals surface area contributed by atoms with Gasteiger partial charge in [-0.1, -0.05) is 15.9 Å². The number of aldehydes is 1. The lowest BCUT2D eigenvalue weighted by Crippen LogP contribution is -2.14. The summed E-state index contributed by atoms with van der Waals surface area (Å²) in [5, 5.41) is 0. The SMILES string of the molecule is NC(=O)CCOc1ccc(Br)cc1C=O. The van der Waals surface area contributed by atoms with Crippen molar-refractivity contribution in [3.63, 3.8) is 0 Å². The molecule has 0 aliphatic rings. The van der Waals surface area contributed by atoms with Crippen LogP contribution in [0.15, 0.2) is 22.7 Å². The molecule has 0 aliphatic heterocycles. The lowest BCUT2D eigenvalue weighted by atomic mass is 10.2. The number of nitrogens with two attached hydrogens (primary N) is 1. The van der Waals surface area contributed by atoms with Crippen molar-refractivity contribution in [2.24, 2.45) is 5.73 Å². The van der Waals surface area contributed by atoms with Crippen LogP contribution in [0.4, 0.5) is 0 Å². The van der Waals surface area contributed by atoms with E-state index in [0.29, 0.717) is 17.6 Å². The Labute approximate surface area is 95.5 Å². The van der Waals surface area contributed by atoms with Crippen LogP contribution >= 0.6 is 15.9 Å². The summed E-state index contributed by atoms with van der Waals surface area (Å²) in [5.41, 5.74) is 5.39. The number of hydrogen-bond donors (Lipinski definition) is 1. The van der Waals surface area contributed by atoms with Crippen LogP contribution in [-0.2, 0) is 4.79 Å². The molecule has 1 amide bonds. The van der Waals surface area contributed by atoms with Gasteiger partial charge >= 0.3 is 0 Å². The average molecular weight is 272 g/mol. The van der Waals surface area contributed by atoms with Crippen LogP contribution in [0.3, 0.4) is 0 Å². The molecule has 80 valence electrons. The maximum Gasteiger partial charge on any atom is 0.220 e. The highest BCUT2D eigenvalue weighted by Crippen LogP contribution is 2.21. The minimum absolute atomic E-state index is 0.133. The third-order valence-electron chi connectivity index (χ3n) is 1.70. The number of carbonyl (C=O) groups is 2. The van der Waals surface area contributed by atoms with Crippen molar-refractivity contribution in [1.82, 2.24) is 0 Å². The molecule has 0 radical (unpaired) electrons. The average Bonchev–Trinajstić information content (AvgIpc) is 2.19. The van der Waals surface area contributed by atoms with Crippen LogP contribution in [0.2, 0.25) is 0 Å². The summed E-state index contributed by atoms with van der Waals surface area (Å²) in [4.78, 5) is 21.1. The summed E-state index contributed by atoms with van der Waals surface area (Å²) < 4.78 is 6.04. The van der Waals surface area contributed by atoms with Crippen molar-refractivity contribution in [2.75, 3.05) is 6.61 Å². The van der Waals surface area contributed by atoms with E-state index in [1.165, 1.54) is 0 Å². The van der Waals surface area contributed by atoms with Gasteiger partial charge < -0.3 is 10.5 Å². The topological polar surface area (TPSA) is 69.4 Å². The van der Waals surface area contributed by atoms with Gasteiger partial charge in [-0.3, -0.25) is 9.59 Å². The van der Waals surface area contributed by atoms with E-state index in [4.69, 9.17) is 10.5 Å². The Balaban J connectivity index is 2.67. The van der Waals surface area contributed by atoms with Crippen LogP contribution in [0, 0.1) is 0 Å². The van der Waals surface area contributed by atoms with E-state index in [2.05, 4.69) is 15.9 Å². The molecule has 0 aromatic heterocycles. The van der Waals surface area contributed by atoms with Crippen molar-refractivity contribution < 1.29 is 14.3 Å². The molecule has 5 heteroatoms. The number of primary amides is 1. The zero-order valence-corrected chi connectivity index (χ0v) is 9.49. The molecule has 2 N–H and O–H groups in total. The second-order valence-electron chi connectivity index (χ2n) is 2.86. The predicted molar refractivity (Wildman–Crippen MR) is 58.8 cm³/mol. The highest BCUT2D eigenvalue weighted by Gasteiger charge is 2.04. The first-order valence-electron chi connectivity index (χ1n) is 4.29. The Morgan fingerprint density at radius 1 is 1.53 bits per heavy atom. The van der Waals surface area contributed by atoms with E-state index in [-0.39, 0.29) is 13.0 Å². The molecule has 1 rings (SSSR count). The lowest BCUT2D eigenvalue weighted by molar-refractivity contribution is -0.118. The Hall–Kier alpha value is -1.36. The fourth-order valence-electron chi connectivity index (χ4n) is 1.00. The van der Waals surface area contributed by atoms with E-state index in [1.807, 2.05) is 0 Å². The number of benzene rings is 1. The lowest BCUT2D eigenvalue weighted by Gasteiger charge is -2.07. The van der Waals surface area contributed by atoms with Crippen molar-refractivity contribution in [3.8, 4) is 5.75 Å². The van der Waals surface area contributed by atoms with Crippen LogP contribution in [-0.4, -0.2) is 18.8 Å². The van der Waals surface area contributed by atoms with Crippen molar-refractivity contribution in [3.05, 3.63) is 28.2 Å². The molecule has 1 aromatic rings. The Bertz CT molecular complexity index is 379. The summed E-state index contributed by atoms with van der Waals surface area (Å²) in [6.45, 7) is 0.178. The van der Waals surface area contributed by atoms with Gasteiger partial charge in [-0.25, -0.2) is 0 Å². The van der Waals surface area contributed by atoms with Crippen LogP contribution in [0.1, 0.15) is 16.8 Å². The third-order valence-corrected chi connectivity index (χ3v) is 2.20. The highest BCUT2D eigenvalue weighted by molar-refractivity contribution is 9.10. The number of amides is 1. The third kappa shape index (κ3) is 3.71. The van der Waals surface area contributed by atoms with Gasteiger partial charge in [-0.05, 0) is 18.2 Å². The Morgan fingerprint density at radius 3 is 2.87 bits per heavy atom. The molecule has 0 spiro atoms. The van der Waals surface area contributed by atoms with Crippen LogP contribution in [0.25, 0.3) is 0 Å². The summed E-state index contributed by atoms with van der Waals surface area (Å²) >= 11 is 3.24. The molecular weight excluding hydrogens is 262 g/mol. The van der Waals surface area contributed by atoms with Gasteiger partial charge in [-0.2, -0.15) is 0 Å². The van der Waals surface area contributed by atoms with Gasteiger partial charge in [0.15, 0.2) is 6.29 Å². The molecule has 0 saturated heterocycles. The summed E-state index contributed by atoms with van der Waals surface area (Å²) in [5.74, 6) is 0.0224. The second-order valence-corrected chi connectivity index (χ2v) is 3.78. The van der Waals surface area contributed by atoms with Gasteiger partial charge in [0, 0.05) is 4.47 Å². The van der Waals surface area contributed by atoms with Crippen molar-refractivity contribution in [1.29, 1.82) is 0 Å². The fourth-order valence-corrected chi connectivity index (χ4v) is 1.38. The molecule has 4 nitrogen and oxygen atoms in total. The Morgan fingerprint density at radius 2 is 2.27 bits per heavy atom. The molecule has 0 fully saturated rings. The molecule has 0 heterocycles. The molecule has 1 aromatic carbocycles. The van der Waals surface area contributed by atoms with Gasteiger partial charge in [0.05, 0.1) is 18.6 Å². The van der Waals surface area contributed by atoms with E-state index < -0.39 is 5.91 Å². The minimum atomic E-state index is -0.431. The van der Waals surface area contributed by atoms with Gasteiger partial charge in [-0.15, -0.1) is 0 Å². The van der Waals surface area contributed by atoms with E-state index in [1.54, 1.807) is 18.2 Å². The van der Waals surface area contributed by atoms with E-state index >= 15 is 0 Å². The number of halogens is 1. The monoisotopic (exact) mass is 271 g/mol. The van der Waals surface area contributed by atoms with Gasteiger partial charge in [0.2, 0.25) is 5.91 Å². The zero-order valence-electron chi connectivity index (χ0n) is 7.90. The zero-order chi connectivity index (χ0) is 11.3. The molecule has 0 aliphatic carbocycles. The normalized spacial score (nSPS) is 9.67. The molecule has 0 atom stereocenters. The Kier molecular flexibility index (Phi) is 4.30. The van der Waals surface area contributed by atoms with Crippen molar-refractivity contribution in [2.45, 2.75) is 6.42 Å². The quantitative estimate of drug-likeness (QED) is 0.826. The van der Waals surface area contributed by atoms with Gasteiger partial charge in [0.25, 0.3) is 0 Å². The van der Waals surface area contributed by atoms with Gasteiger partial charge in [0.1, 0.15) is 5.75 Å². The number of ether oxygens (including phenoxy) is 1. The predicted octanol–water partition coefficient (Wildman–Crippen LogP) is 1.52. The maximum atomic E-state index is 10.7. The van der Waals surface area contributed by atoms with E-state index in [0.717, 1.165) is 4.47 Å². The van der Waals surface area contributed by atoms with Crippen LogP contribution < -0.4 is 10.5 Å². The standard InChI is InChI=1S/C10H10BrNO3/c11-8-1-2-9(7(5-8)6-13)15-4-3-10(12)14/h1-2,5-6H,3-4H2,(H2,12,14). The van der Waals surface area contributed by atoms with E-state index in [9.17, 15) is 9.59 Å². The summed E-state index contributed by atoms with van der Waals surface area (Å²) in [6, 6.07) is 5.06. The summed E-state index contributed by atoms with van der Waals surface area (Å²) in [6.07, 6.45) is 0.832. The number of carbonyl (C=O) groups excluding carboxylic acids is 2. The first-order valence-corrected chi connectivity index (χ1v) is 5.08. The molecule has 15 heavy (non-hydrogen) atoms. The molecule has 0 unspecified atom stereocenters. The first kappa shape index (κ1) is 11.7. The van der Waals surface area contributed by atoms with Crippen LogP contribution in [0.5, 0.6) is 5.75 Å². The summed E-state index contributed by atoms with van der Waals surface area (Å²) in [7, 11) is 0. The fraction of sp³-hybridized carbons (Fsp3) is 0.200. The molecule has 0 bridgehead atoms. The number of hydrogen-bond acceptors (Lipinski definition) is 3. The smallest absolute Gasteiger partial charge is 0.220 e. The number of rotatable bonds is 5. The highest BCUT2D eigenvalue weighted by atomic mass is 79.9. The first-order chi connectivity index (χ1) is 7.13. The van der Waals surface area contributed by atoms with Crippen molar-refractivity contribution >= 4 is 28.1 Å².